The Morgan fingerprint density at radius 3 is 1.94 bits per heavy atom. The van der Waals surface area contributed by atoms with Crippen molar-refractivity contribution in [2.45, 2.75) is 51.4 Å². The maximum absolute atomic E-state index is 12.4. The van der Waals surface area contributed by atoms with Crippen LogP contribution < -0.4 is 5.73 Å². The number of ketones is 1. The molecule has 0 atom stereocenters. The van der Waals surface area contributed by atoms with Gasteiger partial charge in [0.15, 0.2) is 5.78 Å². The van der Waals surface area contributed by atoms with Gasteiger partial charge in [-0.2, -0.15) is 0 Å². The summed E-state index contributed by atoms with van der Waals surface area (Å²) in [5.74, 6) is 4.87. The van der Waals surface area contributed by atoms with E-state index in [4.69, 9.17) is 5.73 Å². The molecule has 2 heteroatoms. The zero-order valence-electron chi connectivity index (χ0n) is 11.2. The summed E-state index contributed by atoms with van der Waals surface area (Å²) in [5.41, 5.74) is 5.75. The molecule has 0 amide bonds. The van der Waals surface area contributed by atoms with Crippen molar-refractivity contribution in [3.8, 4) is 0 Å². The van der Waals surface area contributed by atoms with Crippen LogP contribution in [-0.2, 0) is 4.79 Å². The number of carbonyl (C=O) groups excluding carboxylic acids is 1. The van der Waals surface area contributed by atoms with Crippen molar-refractivity contribution in [3.63, 3.8) is 0 Å². The van der Waals surface area contributed by atoms with E-state index in [0.717, 1.165) is 42.4 Å². The highest BCUT2D eigenvalue weighted by Crippen LogP contribution is 2.65. The second kappa shape index (κ2) is 3.82. The van der Waals surface area contributed by atoms with Gasteiger partial charge in [-0.25, -0.2) is 0 Å². The quantitative estimate of drug-likeness (QED) is 0.833. The van der Waals surface area contributed by atoms with Crippen molar-refractivity contribution in [2.75, 3.05) is 6.54 Å². The normalized spacial score (nSPS) is 47.9. The Hall–Kier alpha value is -0.370. The summed E-state index contributed by atoms with van der Waals surface area (Å²) >= 11 is 0. The highest BCUT2D eigenvalue weighted by Gasteiger charge is 2.59. The van der Waals surface area contributed by atoms with Crippen molar-refractivity contribution in [1.29, 1.82) is 0 Å². The average Bonchev–Trinajstić information content (AvgIpc) is 2.29. The molecule has 0 spiro atoms. The Morgan fingerprint density at radius 2 is 1.56 bits per heavy atom. The summed E-state index contributed by atoms with van der Waals surface area (Å²) in [4.78, 5) is 12.4. The van der Waals surface area contributed by atoms with Crippen molar-refractivity contribution in [3.05, 3.63) is 0 Å². The predicted octanol–water partition coefficient (Wildman–Crippen LogP) is 2.76. The smallest absolute Gasteiger partial charge is 0.152 e. The van der Waals surface area contributed by atoms with Crippen LogP contribution in [-0.4, -0.2) is 12.3 Å². The first-order valence-corrected chi connectivity index (χ1v) is 7.96. The highest BCUT2D eigenvalue weighted by atomic mass is 16.1. The second-order valence-corrected chi connectivity index (χ2v) is 7.59. The van der Waals surface area contributed by atoms with Crippen LogP contribution in [0.15, 0.2) is 0 Å². The molecule has 18 heavy (non-hydrogen) atoms. The lowest BCUT2D eigenvalue weighted by atomic mass is 9.42. The first-order chi connectivity index (χ1) is 8.73. The zero-order chi connectivity index (χ0) is 12.3. The summed E-state index contributed by atoms with van der Waals surface area (Å²) in [7, 11) is 0. The van der Waals surface area contributed by atoms with Gasteiger partial charge in [0.2, 0.25) is 0 Å². The Labute approximate surface area is 110 Å². The SMILES string of the molecule is NCC(=O)C1(C2C3CC4CC(C3)CC2C4)CCC1. The van der Waals surface area contributed by atoms with Crippen LogP contribution in [0.25, 0.3) is 0 Å². The van der Waals surface area contributed by atoms with E-state index in [2.05, 4.69) is 0 Å². The number of nitrogens with two attached hydrogens (primary N) is 1. The van der Waals surface area contributed by atoms with Crippen LogP contribution in [0.4, 0.5) is 0 Å². The van der Waals surface area contributed by atoms with Gasteiger partial charge in [-0.3, -0.25) is 4.79 Å². The summed E-state index contributed by atoms with van der Waals surface area (Å²) in [6, 6.07) is 0. The lowest BCUT2D eigenvalue weighted by Crippen LogP contribution is -2.58. The molecule has 4 bridgehead atoms. The molecule has 2 N–H and O–H groups in total. The molecule has 0 aromatic carbocycles. The van der Waals surface area contributed by atoms with Gasteiger partial charge in [0.25, 0.3) is 0 Å². The third-order valence-corrected chi connectivity index (χ3v) is 6.85. The Bertz CT molecular complexity index is 343. The number of Topliss-reactive ketones (excluding diaryl/α,β-unsaturated/α-hetero) is 1. The van der Waals surface area contributed by atoms with Crippen LogP contribution in [0.2, 0.25) is 0 Å². The molecule has 5 aliphatic carbocycles. The van der Waals surface area contributed by atoms with Gasteiger partial charge in [0.1, 0.15) is 0 Å². The van der Waals surface area contributed by atoms with Gasteiger partial charge in [0.05, 0.1) is 6.54 Å². The summed E-state index contributed by atoms with van der Waals surface area (Å²) in [5, 5.41) is 0. The minimum absolute atomic E-state index is 0.0391. The molecule has 5 rings (SSSR count). The van der Waals surface area contributed by atoms with Gasteiger partial charge in [-0.15, -0.1) is 0 Å². The zero-order valence-corrected chi connectivity index (χ0v) is 11.2. The molecule has 5 saturated carbocycles. The first-order valence-electron chi connectivity index (χ1n) is 7.96. The van der Waals surface area contributed by atoms with Crippen LogP contribution >= 0.6 is 0 Å². The Balaban J connectivity index is 1.66. The van der Waals surface area contributed by atoms with Crippen molar-refractivity contribution < 1.29 is 4.79 Å². The van der Waals surface area contributed by atoms with Gasteiger partial charge >= 0.3 is 0 Å². The molecule has 2 nitrogen and oxygen atoms in total. The van der Waals surface area contributed by atoms with Crippen molar-refractivity contribution >= 4 is 5.78 Å². The number of rotatable bonds is 3. The third-order valence-electron chi connectivity index (χ3n) is 6.85. The monoisotopic (exact) mass is 247 g/mol. The maximum Gasteiger partial charge on any atom is 0.152 e. The van der Waals surface area contributed by atoms with Crippen LogP contribution in [0.1, 0.15) is 51.4 Å². The van der Waals surface area contributed by atoms with Gasteiger partial charge in [0, 0.05) is 5.41 Å². The molecule has 0 aliphatic heterocycles. The Morgan fingerprint density at radius 1 is 1.00 bits per heavy atom. The lowest BCUT2D eigenvalue weighted by molar-refractivity contribution is -0.158. The fraction of sp³-hybridized carbons (Fsp3) is 0.938. The first kappa shape index (κ1) is 11.5. The molecule has 100 valence electrons. The topological polar surface area (TPSA) is 43.1 Å². The van der Waals surface area contributed by atoms with E-state index in [0.29, 0.717) is 5.78 Å². The molecule has 0 heterocycles. The molecule has 0 aromatic heterocycles. The van der Waals surface area contributed by atoms with Gasteiger partial charge < -0.3 is 5.73 Å². The van der Waals surface area contributed by atoms with E-state index >= 15 is 0 Å². The fourth-order valence-corrected chi connectivity index (χ4v) is 6.39. The van der Waals surface area contributed by atoms with Gasteiger partial charge in [-0.1, -0.05) is 6.42 Å². The molecule has 0 aromatic rings. The van der Waals surface area contributed by atoms with Crippen molar-refractivity contribution in [2.24, 2.45) is 40.7 Å². The largest absolute Gasteiger partial charge is 0.324 e. The molecule has 0 radical (unpaired) electrons. The second-order valence-electron chi connectivity index (χ2n) is 7.59. The molecule has 0 saturated heterocycles. The van der Waals surface area contributed by atoms with E-state index in [1.165, 1.54) is 38.5 Å². The molecular formula is C16H25NO. The van der Waals surface area contributed by atoms with E-state index in [9.17, 15) is 4.79 Å². The van der Waals surface area contributed by atoms with E-state index in [-0.39, 0.29) is 12.0 Å². The lowest BCUT2D eigenvalue weighted by Gasteiger charge is -2.62. The predicted molar refractivity (Wildman–Crippen MR) is 70.9 cm³/mol. The van der Waals surface area contributed by atoms with E-state index in [1.807, 2.05) is 0 Å². The highest BCUT2D eigenvalue weighted by molar-refractivity contribution is 5.87. The number of hydrogen-bond acceptors (Lipinski definition) is 2. The standard InChI is InChI=1S/C16H25NO/c17-9-14(18)16(2-1-3-16)15-12-5-10-4-11(7-12)8-13(15)6-10/h10-13,15H,1-9,17H2. The summed E-state index contributed by atoms with van der Waals surface area (Å²) < 4.78 is 0. The van der Waals surface area contributed by atoms with Crippen LogP contribution in [0.5, 0.6) is 0 Å². The molecule has 0 unspecified atom stereocenters. The van der Waals surface area contributed by atoms with Gasteiger partial charge in [-0.05, 0) is 74.5 Å². The summed E-state index contributed by atoms with van der Waals surface area (Å²) in [6.07, 6.45) is 10.8. The Kier molecular flexibility index (Phi) is 2.43. The van der Waals surface area contributed by atoms with E-state index < -0.39 is 0 Å². The van der Waals surface area contributed by atoms with Crippen LogP contribution in [0, 0.1) is 35.0 Å². The minimum Gasteiger partial charge on any atom is -0.324 e. The van der Waals surface area contributed by atoms with E-state index in [1.54, 1.807) is 0 Å². The fourth-order valence-electron chi connectivity index (χ4n) is 6.39. The molecule has 5 aliphatic rings. The number of carbonyl (C=O) groups is 1. The summed E-state index contributed by atoms with van der Waals surface area (Å²) in [6.45, 7) is 0.281. The maximum atomic E-state index is 12.4. The van der Waals surface area contributed by atoms with Crippen molar-refractivity contribution in [1.82, 2.24) is 0 Å². The minimum atomic E-state index is 0.0391. The van der Waals surface area contributed by atoms with Crippen LogP contribution in [0.3, 0.4) is 0 Å². The third kappa shape index (κ3) is 1.36. The molecular weight excluding hydrogens is 222 g/mol. The average molecular weight is 247 g/mol. The number of hydrogen-bond donors (Lipinski definition) is 1. The molecule has 5 fully saturated rings.